The topological polar surface area (TPSA) is 78.9 Å². The standard InChI is InChI=1S/C45H74O6/c1-4-7-10-13-16-19-21-23-26-29-32-35-38-44(47)50-41-42(40-49-43(46)37-34-31-28-25-18-15-12-9-6-3)51-45(48)39-36-33-30-27-24-22-20-17-14-11-8-5-2/h7,9-10,12,16,18-19,23,25-26,31,34,42H,4-6,8,11,13-15,17,20-22,24,27-30,32-33,35-41H2,1-3H3/b10-7-,12-9-,19-16-,25-18-,26-23-,34-31-. The minimum Gasteiger partial charge on any atom is -0.462 e. The van der Waals surface area contributed by atoms with Gasteiger partial charge in [-0.15, -0.1) is 0 Å². The molecule has 0 bridgehead atoms. The lowest BCUT2D eigenvalue weighted by Crippen LogP contribution is -2.30. The fourth-order valence-electron chi connectivity index (χ4n) is 5.22. The molecule has 0 aromatic heterocycles. The molecule has 1 atom stereocenters. The van der Waals surface area contributed by atoms with Crippen LogP contribution in [0.15, 0.2) is 72.9 Å². The highest BCUT2D eigenvalue weighted by molar-refractivity contribution is 5.72. The lowest BCUT2D eigenvalue weighted by atomic mass is 10.0. The van der Waals surface area contributed by atoms with Crippen LogP contribution in [-0.4, -0.2) is 37.2 Å². The van der Waals surface area contributed by atoms with Crippen LogP contribution in [0.1, 0.15) is 175 Å². The van der Waals surface area contributed by atoms with Crippen molar-refractivity contribution in [3.05, 3.63) is 72.9 Å². The maximum Gasteiger partial charge on any atom is 0.309 e. The molecule has 0 amide bonds. The van der Waals surface area contributed by atoms with Gasteiger partial charge in [0.1, 0.15) is 13.2 Å². The zero-order chi connectivity index (χ0) is 37.3. The van der Waals surface area contributed by atoms with Crippen LogP contribution >= 0.6 is 0 Å². The molecule has 1 unspecified atom stereocenters. The van der Waals surface area contributed by atoms with Crippen LogP contribution in [-0.2, 0) is 28.6 Å². The van der Waals surface area contributed by atoms with Crippen molar-refractivity contribution in [2.45, 2.75) is 181 Å². The van der Waals surface area contributed by atoms with E-state index in [1.165, 1.54) is 57.8 Å². The number of esters is 3. The highest BCUT2D eigenvalue weighted by atomic mass is 16.6. The third-order valence-electron chi connectivity index (χ3n) is 8.24. The van der Waals surface area contributed by atoms with E-state index in [0.29, 0.717) is 12.8 Å². The van der Waals surface area contributed by atoms with Gasteiger partial charge >= 0.3 is 17.9 Å². The Bertz CT molecular complexity index is 1000. The first-order valence-corrected chi connectivity index (χ1v) is 20.4. The fraction of sp³-hybridized carbons (Fsp3) is 0.667. The Morgan fingerprint density at radius 3 is 1.37 bits per heavy atom. The van der Waals surface area contributed by atoms with Crippen molar-refractivity contribution in [3.8, 4) is 0 Å². The van der Waals surface area contributed by atoms with Crippen LogP contribution < -0.4 is 0 Å². The van der Waals surface area contributed by atoms with Gasteiger partial charge in [0.05, 0.1) is 6.42 Å². The Labute approximate surface area is 312 Å². The number of rotatable bonds is 35. The van der Waals surface area contributed by atoms with E-state index in [2.05, 4.69) is 81.5 Å². The van der Waals surface area contributed by atoms with Gasteiger partial charge in [0.15, 0.2) is 6.10 Å². The minimum atomic E-state index is -0.820. The smallest absolute Gasteiger partial charge is 0.309 e. The van der Waals surface area contributed by atoms with Gasteiger partial charge in [0.25, 0.3) is 0 Å². The molecular formula is C45H74O6. The van der Waals surface area contributed by atoms with Crippen molar-refractivity contribution in [2.75, 3.05) is 13.2 Å². The van der Waals surface area contributed by atoms with E-state index < -0.39 is 12.1 Å². The lowest BCUT2D eigenvalue weighted by molar-refractivity contribution is -0.166. The highest BCUT2D eigenvalue weighted by Crippen LogP contribution is 2.13. The Hall–Kier alpha value is -3.15. The van der Waals surface area contributed by atoms with Gasteiger partial charge in [0, 0.05) is 12.8 Å². The van der Waals surface area contributed by atoms with Gasteiger partial charge < -0.3 is 14.2 Å². The minimum absolute atomic E-state index is 0.122. The summed E-state index contributed by atoms with van der Waals surface area (Å²) in [6.07, 6.45) is 47.8. The average molecular weight is 711 g/mol. The van der Waals surface area contributed by atoms with Crippen LogP contribution in [0.25, 0.3) is 0 Å². The van der Waals surface area contributed by atoms with E-state index >= 15 is 0 Å². The summed E-state index contributed by atoms with van der Waals surface area (Å²) in [4.78, 5) is 37.4. The lowest BCUT2D eigenvalue weighted by Gasteiger charge is -2.18. The molecule has 0 saturated heterocycles. The van der Waals surface area contributed by atoms with Crippen molar-refractivity contribution < 1.29 is 28.6 Å². The van der Waals surface area contributed by atoms with E-state index in [-0.39, 0.29) is 31.6 Å². The second-order valence-electron chi connectivity index (χ2n) is 13.2. The maximum absolute atomic E-state index is 12.6. The molecule has 0 rings (SSSR count). The van der Waals surface area contributed by atoms with Crippen molar-refractivity contribution in [1.29, 1.82) is 0 Å². The summed E-state index contributed by atoms with van der Waals surface area (Å²) >= 11 is 0. The molecule has 0 aromatic carbocycles. The first-order valence-electron chi connectivity index (χ1n) is 20.4. The van der Waals surface area contributed by atoms with E-state index in [1.807, 2.05) is 6.08 Å². The summed E-state index contributed by atoms with van der Waals surface area (Å²) in [7, 11) is 0. The zero-order valence-corrected chi connectivity index (χ0v) is 32.8. The van der Waals surface area contributed by atoms with E-state index in [9.17, 15) is 14.4 Å². The van der Waals surface area contributed by atoms with Crippen LogP contribution in [0.4, 0.5) is 0 Å². The number of hydrogen-bond donors (Lipinski definition) is 0. The van der Waals surface area contributed by atoms with E-state index in [4.69, 9.17) is 14.2 Å². The molecule has 6 nitrogen and oxygen atoms in total. The molecule has 290 valence electrons. The first-order chi connectivity index (χ1) is 25.0. The second-order valence-corrected chi connectivity index (χ2v) is 13.2. The van der Waals surface area contributed by atoms with Crippen LogP contribution in [0.5, 0.6) is 0 Å². The number of ether oxygens (including phenoxy) is 3. The molecular weight excluding hydrogens is 636 g/mol. The summed E-state index contributed by atoms with van der Waals surface area (Å²) in [5.74, 6) is -1.10. The Balaban J connectivity index is 4.52. The monoisotopic (exact) mass is 711 g/mol. The number of carbonyl (C=O) groups excluding carboxylic acids is 3. The molecule has 0 spiro atoms. The molecule has 0 N–H and O–H groups in total. The van der Waals surface area contributed by atoms with Crippen molar-refractivity contribution in [2.24, 2.45) is 0 Å². The fourth-order valence-corrected chi connectivity index (χ4v) is 5.22. The molecule has 6 heteroatoms. The predicted molar refractivity (Wildman–Crippen MR) is 214 cm³/mol. The van der Waals surface area contributed by atoms with Gasteiger partial charge in [-0.25, -0.2) is 0 Å². The Kier molecular flexibility index (Phi) is 37.2. The van der Waals surface area contributed by atoms with E-state index in [0.717, 1.165) is 77.0 Å². The summed E-state index contributed by atoms with van der Waals surface area (Å²) in [5.41, 5.74) is 0. The van der Waals surface area contributed by atoms with Crippen molar-refractivity contribution in [3.63, 3.8) is 0 Å². The van der Waals surface area contributed by atoms with Crippen molar-refractivity contribution in [1.82, 2.24) is 0 Å². The molecule has 0 aromatic rings. The first kappa shape index (κ1) is 47.8. The van der Waals surface area contributed by atoms with Crippen LogP contribution in [0.2, 0.25) is 0 Å². The molecule has 0 fully saturated rings. The number of carbonyl (C=O) groups is 3. The van der Waals surface area contributed by atoms with E-state index in [1.54, 1.807) is 6.08 Å². The van der Waals surface area contributed by atoms with Gasteiger partial charge in [-0.1, -0.05) is 164 Å². The van der Waals surface area contributed by atoms with Crippen LogP contribution in [0, 0.1) is 0 Å². The largest absolute Gasteiger partial charge is 0.462 e. The summed E-state index contributed by atoms with van der Waals surface area (Å²) in [5, 5.41) is 0. The molecule has 51 heavy (non-hydrogen) atoms. The molecule has 0 aliphatic heterocycles. The molecule has 0 aliphatic carbocycles. The quantitative estimate of drug-likeness (QED) is 0.0282. The number of unbranched alkanes of at least 4 members (excludes halogenated alkanes) is 13. The average Bonchev–Trinajstić information content (AvgIpc) is 3.12. The Morgan fingerprint density at radius 1 is 0.431 bits per heavy atom. The third kappa shape index (κ3) is 37.9. The summed E-state index contributed by atoms with van der Waals surface area (Å²) in [6.45, 7) is 6.23. The summed E-state index contributed by atoms with van der Waals surface area (Å²) in [6, 6.07) is 0. The third-order valence-corrected chi connectivity index (χ3v) is 8.24. The maximum atomic E-state index is 12.6. The highest BCUT2D eigenvalue weighted by Gasteiger charge is 2.19. The molecule has 0 saturated carbocycles. The van der Waals surface area contributed by atoms with Gasteiger partial charge in [-0.2, -0.15) is 0 Å². The Morgan fingerprint density at radius 2 is 0.843 bits per heavy atom. The second kappa shape index (κ2) is 39.6. The SMILES string of the molecule is CC/C=C\C/C=C\C/C=C\CCCCC(=O)OCC(COC(=O)C/C=C\C/C=C\C/C=C\CC)OC(=O)CCCCCCCCCCCCCC. The predicted octanol–water partition coefficient (Wildman–Crippen LogP) is 12.7. The van der Waals surface area contributed by atoms with Gasteiger partial charge in [-0.05, 0) is 64.2 Å². The van der Waals surface area contributed by atoms with Gasteiger partial charge in [-0.3, -0.25) is 14.4 Å². The van der Waals surface area contributed by atoms with Crippen molar-refractivity contribution >= 4 is 17.9 Å². The van der Waals surface area contributed by atoms with Gasteiger partial charge in [0.2, 0.25) is 0 Å². The summed E-state index contributed by atoms with van der Waals surface area (Å²) < 4.78 is 16.5. The zero-order valence-electron chi connectivity index (χ0n) is 32.8. The van der Waals surface area contributed by atoms with Crippen LogP contribution in [0.3, 0.4) is 0 Å². The number of allylic oxidation sites excluding steroid dienone is 11. The molecule has 0 heterocycles. The molecule has 0 radical (unpaired) electrons. The molecule has 0 aliphatic rings. The normalized spacial score (nSPS) is 12.8. The number of hydrogen-bond acceptors (Lipinski definition) is 6.